The van der Waals surface area contributed by atoms with E-state index in [0.29, 0.717) is 5.56 Å². The van der Waals surface area contributed by atoms with Crippen LogP contribution in [-0.4, -0.2) is 14.1 Å². The van der Waals surface area contributed by atoms with Crippen LogP contribution < -0.4 is 0 Å². The molecule has 0 unspecified atom stereocenters. The molecule has 0 bridgehead atoms. The first-order valence-corrected chi connectivity index (χ1v) is 25.8. The summed E-state index contributed by atoms with van der Waals surface area (Å²) in [5.74, 6) is 0.774. The van der Waals surface area contributed by atoms with E-state index in [2.05, 4.69) is 282 Å². The van der Waals surface area contributed by atoms with Gasteiger partial charge in [0.15, 0.2) is 5.82 Å². The number of aromatic nitrogens is 3. The monoisotopic (exact) mass is 966 g/mol. The summed E-state index contributed by atoms with van der Waals surface area (Å²) in [5, 5.41) is 14.8. The average Bonchev–Trinajstić information content (AvgIpc) is 4.01. The molecule has 0 radical (unpaired) electrons. The zero-order chi connectivity index (χ0) is 50.5. The maximum absolute atomic E-state index is 10.3. The molecule has 354 valence electrons. The number of hydrogen-bond donors (Lipinski definition) is 0. The molecular formula is C72H46N4. The van der Waals surface area contributed by atoms with Gasteiger partial charge in [0, 0.05) is 38.2 Å². The first kappa shape index (κ1) is 44.4. The Hall–Kier alpha value is -10.3. The topological polar surface area (TPSA) is 46.5 Å². The fourth-order valence-electron chi connectivity index (χ4n) is 11.4. The Bertz CT molecular complexity index is 4320. The minimum absolute atomic E-state index is 0.591. The Kier molecular flexibility index (Phi) is 10.9. The third kappa shape index (κ3) is 7.57. The van der Waals surface area contributed by atoms with Crippen LogP contribution in [0.4, 0.5) is 0 Å². The molecule has 3 heterocycles. The molecule has 4 nitrogen and oxygen atoms in total. The van der Waals surface area contributed by atoms with Crippen LogP contribution in [0.2, 0.25) is 0 Å². The lowest BCUT2D eigenvalue weighted by molar-refractivity contribution is 1.03. The third-order valence-corrected chi connectivity index (χ3v) is 15.0. The zero-order valence-electron chi connectivity index (χ0n) is 41.3. The second kappa shape index (κ2) is 18.6. The van der Waals surface area contributed by atoms with E-state index in [1.165, 1.54) is 0 Å². The molecule has 14 rings (SSSR count). The van der Waals surface area contributed by atoms with E-state index in [1.54, 1.807) is 0 Å². The molecule has 0 amide bonds. The van der Waals surface area contributed by atoms with Crippen molar-refractivity contribution in [2.45, 2.75) is 0 Å². The second-order valence-corrected chi connectivity index (χ2v) is 19.4. The molecule has 0 N–H and O–H groups in total. The lowest BCUT2D eigenvalue weighted by Gasteiger charge is -2.25. The highest BCUT2D eigenvalue weighted by molar-refractivity contribution is 6.15. The maximum atomic E-state index is 10.3. The van der Waals surface area contributed by atoms with Crippen LogP contribution in [0, 0.1) is 11.3 Å². The highest BCUT2D eigenvalue weighted by atomic mass is 15.1. The van der Waals surface area contributed by atoms with E-state index in [1.807, 2.05) is 12.1 Å². The van der Waals surface area contributed by atoms with E-state index >= 15 is 0 Å². The number of rotatable bonds is 9. The number of nitriles is 1. The summed E-state index contributed by atoms with van der Waals surface area (Å²) < 4.78 is 4.88. The third-order valence-electron chi connectivity index (χ3n) is 15.0. The quantitative estimate of drug-likeness (QED) is 0.145. The SMILES string of the molecule is N#Cc1ccc(-c2c(-c3ccccc3)c(-c3ccccc3)nc(-n3c4ccc(-c5ccccc5)cc4c4cc(-c5ccccc5)ccc43)c2-n2c3ccc(-c4ccccc4)cc3c3cc(-c4ccccc4)ccc32)cc1. The van der Waals surface area contributed by atoms with E-state index in [9.17, 15) is 5.26 Å². The van der Waals surface area contributed by atoms with Crippen molar-refractivity contribution in [3.63, 3.8) is 0 Å². The van der Waals surface area contributed by atoms with Crippen LogP contribution in [0.5, 0.6) is 0 Å². The fourth-order valence-corrected chi connectivity index (χ4v) is 11.4. The van der Waals surface area contributed by atoms with Gasteiger partial charge in [-0.15, -0.1) is 0 Å². The predicted molar refractivity (Wildman–Crippen MR) is 316 cm³/mol. The molecule has 0 aliphatic heterocycles. The lowest BCUT2D eigenvalue weighted by atomic mass is 9.89. The highest BCUT2D eigenvalue weighted by Crippen LogP contribution is 2.50. The van der Waals surface area contributed by atoms with E-state index in [-0.39, 0.29) is 0 Å². The van der Waals surface area contributed by atoms with Crippen LogP contribution in [-0.2, 0) is 0 Å². The van der Waals surface area contributed by atoms with Gasteiger partial charge < -0.3 is 4.57 Å². The van der Waals surface area contributed by atoms with Gasteiger partial charge in [-0.25, -0.2) is 4.98 Å². The van der Waals surface area contributed by atoms with Crippen molar-refractivity contribution in [1.82, 2.24) is 14.1 Å². The Morgan fingerprint density at radius 1 is 0.276 bits per heavy atom. The normalized spacial score (nSPS) is 11.4. The standard InChI is InChI=1S/C72H46N4/c73-47-48-31-33-54(34-32-48)69-68(53-27-15-5-16-28-53)70(55-29-17-6-18-30-55)74-72(76-66-41-37-58(51-23-11-3-12-24-51)45-62(66)63-46-59(38-42-67(63)76)52-25-13-4-14-26-52)71(69)75-64-39-35-56(49-19-7-1-8-20-49)43-60(64)61-44-57(36-40-65(61)75)50-21-9-2-10-22-50/h1-46H. The summed E-state index contributed by atoms with van der Waals surface area (Å²) in [5.41, 5.74) is 20.6. The van der Waals surface area contributed by atoms with Gasteiger partial charge in [0.05, 0.1) is 45.1 Å². The molecule has 0 atom stereocenters. The molecule has 0 fully saturated rings. The van der Waals surface area contributed by atoms with Crippen LogP contribution in [0.15, 0.2) is 279 Å². The first-order valence-electron chi connectivity index (χ1n) is 25.8. The van der Waals surface area contributed by atoms with Crippen molar-refractivity contribution < 1.29 is 0 Å². The first-order chi connectivity index (χ1) is 37.7. The van der Waals surface area contributed by atoms with Crippen LogP contribution in [0.3, 0.4) is 0 Å². The Balaban J connectivity index is 1.20. The van der Waals surface area contributed by atoms with Gasteiger partial charge in [0.2, 0.25) is 0 Å². The Morgan fingerprint density at radius 3 is 0.934 bits per heavy atom. The summed E-state index contributed by atoms with van der Waals surface area (Å²) in [4.78, 5) is 6.13. The fraction of sp³-hybridized carbons (Fsp3) is 0. The minimum atomic E-state index is 0.591. The molecule has 0 saturated heterocycles. The van der Waals surface area contributed by atoms with Crippen LogP contribution in [0.25, 0.3) is 133 Å². The summed E-state index contributed by atoms with van der Waals surface area (Å²) in [6.45, 7) is 0. The van der Waals surface area contributed by atoms with Crippen molar-refractivity contribution in [1.29, 1.82) is 5.26 Å². The van der Waals surface area contributed by atoms with Crippen LogP contribution >= 0.6 is 0 Å². The molecule has 4 heteroatoms. The van der Waals surface area contributed by atoms with Gasteiger partial charge >= 0.3 is 0 Å². The summed E-state index contributed by atoms with van der Waals surface area (Å²) in [6.07, 6.45) is 0. The Morgan fingerprint density at radius 2 is 0.579 bits per heavy atom. The van der Waals surface area contributed by atoms with Gasteiger partial charge in [0.25, 0.3) is 0 Å². The number of hydrogen-bond acceptors (Lipinski definition) is 2. The summed E-state index contributed by atoms with van der Waals surface area (Å²) in [7, 11) is 0. The summed E-state index contributed by atoms with van der Waals surface area (Å²) >= 11 is 0. The van der Waals surface area contributed by atoms with Crippen molar-refractivity contribution in [2.24, 2.45) is 0 Å². The number of nitrogens with zero attached hydrogens (tertiary/aromatic N) is 4. The van der Waals surface area contributed by atoms with Crippen molar-refractivity contribution in [2.75, 3.05) is 0 Å². The van der Waals surface area contributed by atoms with Crippen molar-refractivity contribution in [3.05, 3.63) is 285 Å². The van der Waals surface area contributed by atoms with Gasteiger partial charge in [-0.2, -0.15) is 5.26 Å². The number of fused-ring (bicyclic) bond motifs is 6. The lowest BCUT2D eigenvalue weighted by Crippen LogP contribution is -2.11. The van der Waals surface area contributed by atoms with Gasteiger partial charge in [-0.1, -0.05) is 218 Å². The second-order valence-electron chi connectivity index (χ2n) is 19.4. The van der Waals surface area contributed by atoms with E-state index in [0.717, 1.165) is 133 Å². The minimum Gasteiger partial charge on any atom is -0.305 e. The molecule has 11 aromatic carbocycles. The van der Waals surface area contributed by atoms with Crippen molar-refractivity contribution >= 4 is 43.6 Å². The van der Waals surface area contributed by atoms with Gasteiger partial charge in [0.1, 0.15) is 0 Å². The van der Waals surface area contributed by atoms with Gasteiger partial charge in [-0.3, -0.25) is 4.57 Å². The molecule has 0 aliphatic rings. The molecule has 3 aromatic heterocycles. The van der Waals surface area contributed by atoms with E-state index in [4.69, 9.17) is 4.98 Å². The number of pyridine rings is 1. The molecular weight excluding hydrogens is 921 g/mol. The number of benzene rings is 11. The largest absolute Gasteiger partial charge is 0.305 e. The van der Waals surface area contributed by atoms with Gasteiger partial charge in [-0.05, 0) is 116 Å². The highest BCUT2D eigenvalue weighted by Gasteiger charge is 2.30. The molecule has 0 saturated carbocycles. The zero-order valence-corrected chi connectivity index (χ0v) is 41.3. The molecule has 0 spiro atoms. The maximum Gasteiger partial charge on any atom is 0.163 e. The van der Waals surface area contributed by atoms with Crippen LogP contribution in [0.1, 0.15) is 5.56 Å². The van der Waals surface area contributed by atoms with E-state index < -0.39 is 0 Å². The average molecular weight is 967 g/mol. The molecule has 0 aliphatic carbocycles. The molecule has 76 heavy (non-hydrogen) atoms. The Labute approximate surface area is 440 Å². The summed E-state index contributed by atoms with van der Waals surface area (Å²) in [6, 6.07) is 102. The molecule has 14 aromatic rings. The predicted octanol–water partition coefficient (Wildman–Crippen LogP) is 18.8. The smallest absolute Gasteiger partial charge is 0.163 e. The van der Waals surface area contributed by atoms with Crippen molar-refractivity contribution in [3.8, 4) is 95.6 Å².